The van der Waals surface area contributed by atoms with E-state index >= 15 is 0 Å². The number of rotatable bonds is 1. The molecule has 0 aliphatic heterocycles. The van der Waals surface area contributed by atoms with Crippen LogP contribution in [0, 0.1) is 18.3 Å². The average molecular weight is 161 g/mol. The zero-order valence-electron chi connectivity index (χ0n) is 7.20. The molecule has 0 aliphatic rings. The number of anilines is 1. The summed E-state index contributed by atoms with van der Waals surface area (Å²) in [5.41, 5.74) is 7.97. The van der Waals surface area contributed by atoms with Crippen LogP contribution >= 0.6 is 0 Å². The van der Waals surface area contributed by atoms with E-state index in [1.54, 1.807) is 13.1 Å². The van der Waals surface area contributed by atoms with Gasteiger partial charge in [-0.3, -0.25) is 4.98 Å². The van der Waals surface area contributed by atoms with Crippen LogP contribution in [0.1, 0.15) is 24.1 Å². The number of aryl methyl sites for hydroxylation is 1. The Morgan fingerprint density at radius 3 is 2.83 bits per heavy atom. The van der Waals surface area contributed by atoms with Crippen LogP contribution in [-0.2, 0) is 0 Å². The summed E-state index contributed by atoms with van der Waals surface area (Å²) in [7, 11) is 0. The molecule has 0 fully saturated rings. The van der Waals surface area contributed by atoms with E-state index < -0.39 is 0 Å². The Morgan fingerprint density at radius 2 is 2.33 bits per heavy atom. The second kappa shape index (κ2) is 3.22. The molecule has 0 amide bonds. The highest BCUT2D eigenvalue weighted by Gasteiger charge is 2.08. The molecule has 1 unspecified atom stereocenters. The van der Waals surface area contributed by atoms with Gasteiger partial charge in [0.2, 0.25) is 0 Å². The van der Waals surface area contributed by atoms with Crippen molar-refractivity contribution in [3.8, 4) is 6.07 Å². The fourth-order valence-corrected chi connectivity index (χ4v) is 1.03. The van der Waals surface area contributed by atoms with Gasteiger partial charge in [-0.25, -0.2) is 0 Å². The Hall–Kier alpha value is -1.56. The van der Waals surface area contributed by atoms with E-state index in [2.05, 4.69) is 11.1 Å². The monoisotopic (exact) mass is 161 g/mol. The quantitative estimate of drug-likeness (QED) is 0.680. The lowest BCUT2D eigenvalue weighted by molar-refractivity contribution is 0.921. The largest absolute Gasteiger partial charge is 0.397 e. The SMILES string of the molecule is Cc1cnc(C(C)C#N)c(N)c1. The minimum Gasteiger partial charge on any atom is -0.397 e. The second-order valence-corrected chi connectivity index (χ2v) is 2.84. The highest BCUT2D eigenvalue weighted by Crippen LogP contribution is 2.19. The molecule has 12 heavy (non-hydrogen) atoms. The summed E-state index contributed by atoms with van der Waals surface area (Å²) in [6.07, 6.45) is 1.72. The normalized spacial score (nSPS) is 12.1. The van der Waals surface area contributed by atoms with Gasteiger partial charge in [0, 0.05) is 6.20 Å². The topological polar surface area (TPSA) is 62.7 Å². The summed E-state index contributed by atoms with van der Waals surface area (Å²) in [5, 5.41) is 8.64. The highest BCUT2D eigenvalue weighted by atomic mass is 14.7. The Balaban J connectivity index is 3.11. The first-order chi connectivity index (χ1) is 5.65. The van der Waals surface area contributed by atoms with Gasteiger partial charge in [0.05, 0.1) is 23.4 Å². The molecule has 62 valence electrons. The summed E-state index contributed by atoms with van der Waals surface area (Å²) in [4.78, 5) is 4.10. The van der Waals surface area contributed by atoms with Crippen molar-refractivity contribution in [2.75, 3.05) is 5.73 Å². The minimum atomic E-state index is -0.231. The Kier molecular flexibility index (Phi) is 2.29. The molecule has 1 heterocycles. The molecule has 0 aliphatic carbocycles. The highest BCUT2D eigenvalue weighted by molar-refractivity contribution is 5.47. The zero-order chi connectivity index (χ0) is 9.14. The molecular formula is C9H11N3. The van der Waals surface area contributed by atoms with Crippen LogP contribution in [0.2, 0.25) is 0 Å². The summed E-state index contributed by atoms with van der Waals surface area (Å²) in [6.45, 7) is 3.71. The molecule has 0 aromatic carbocycles. The van der Waals surface area contributed by atoms with Gasteiger partial charge in [-0.15, -0.1) is 0 Å². The molecule has 3 nitrogen and oxygen atoms in total. The molecule has 1 aromatic heterocycles. The smallest absolute Gasteiger partial charge is 0.0877 e. The molecular weight excluding hydrogens is 150 g/mol. The Morgan fingerprint density at radius 1 is 1.67 bits per heavy atom. The number of hydrogen-bond donors (Lipinski definition) is 1. The minimum absolute atomic E-state index is 0.231. The summed E-state index contributed by atoms with van der Waals surface area (Å²) in [6, 6.07) is 3.93. The fourth-order valence-electron chi connectivity index (χ4n) is 1.03. The van der Waals surface area contributed by atoms with Crippen molar-refractivity contribution in [3.63, 3.8) is 0 Å². The van der Waals surface area contributed by atoms with Gasteiger partial charge in [0.1, 0.15) is 0 Å². The maximum atomic E-state index is 8.64. The molecule has 0 saturated carbocycles. The third-order valence-electron chi connectivity index (χ3n) is 1.69. The predicted octanol–water partition coefficient (Wildman–Crippen LogP) is 1.60. The van der Waals surface area contributed by atoms with Gasteiger partial charge in [-0.05, 0) is 25.5 Å². The molecule has 0 radical (unpaired) electrons. The molecule has 1 aromatic rings. The first kappa shape index (κ1) is 8.54. The summed E-state index contributed by atoms with van der Waals surface area (Å²) >= 11 is 0. The van der Waals surface area contributed by atoms with Crippen molar-refractivity contribution in [2.45, 2.75) is 19.8 Å². The van der Waals surface area contributed by atoms with Crippen LogP contribution in [0.4, 0.5) is 5.69 Å². The molecule has 1 rings (SSSR count). The average Bonchev–Trinajstić information content (AvgIpc) is 2.03. The van der Waals surface area contributed by atoms with Gasteiger partial charge in [-0.2, -0.15) is 5.26 Å². The maximum absolute atomic E-state index is 8.64. The first-order valence-corrected chi connectivity index (χ1v) is 3.76. The number of nitrogen functional groups attached to an aromatic ring is 1. The second-order valence-electron chi connectivity index (χ2n) is 2.84. The van der Waals surface area contributed by atoms with Gasteiger partial charge in [0.25, 0.3) is 0 Å². The van der Waals surface area contributed by atoms with Crippen molar-refractivity contribution in [3.05, 3.63) is 23.5 Å². The van der Waals surface area contributed by atoms with Crippen LogP contribution in [0.25, 0.3) is 0 Å². The number of nitriles is 1. The molecule has 2 N–H and O–H groups in total. The number of pyridine rings is 1. The fraction of sp³-hybridized carbons (Fsp3) is 0.333. The van der Waals surface area contributed by atoms with Gasteiger partial charge < -0.3 is 5.73 Å². The third-order valence-corrected chi connectivity index (χ3v) is 1.69. The van der Waals surface area contributed by atoms with Gasteiger partial charge in [0.15, 0.2) is 0 Å². The van der Waals surface area contributed by atoms with E-state index in [1.165, 1.54) is 0 Å². The third kappa shape index (κ3) is 1.54. The van der Waals surface area contributed by atoms with Gasteiger partial charge in [-0.1, -0.05) is 0 Å². The Labute approximate surface area is 71.8 Å². The van der Waals surface area contributed by atoms with Crippen molar-refractivity contribution in [1.29, 1.82) is 5.26 Å². The summed E-state index contributed by atoms with van der Waals surface area (Å²) < 4.78 is 0. The van der Waals surface area contributed by atoms with Crippen LogP contribution in [0.15, 0.2) is 12.3 Å². The lowest BCUT2D eigenvalue weighted by Gasteiger charge is -2.05. The van der Waals surface area contributed by atoms with Crippen molar-refractivity contribution in [1.82, 2.24) is 4.98 Å². The zero-order valence-corrected chi connectivity index (χ0v) is 7.20. The van der Waals surface area contributed by atoms with Crippen LogP contribution in [0.5, 0.6) is 0 Å². The van der Waals surface area contributed by atoms with E-state index in [-0.39, 0.29) is 5.92 Å². The van der Waals surface area contributed by atoms with Crippen molar-refractivity contribution >= 4 is 5.69 Å². The summed E-state index contributed by atoms with van der Waals surface area (Å²) in [5.74, 6) is -0.231. The molecule has 0 spiro atoms. The first-order valence-electron chi connectivity index (χ1n) is 3.76. The van der Waals surface area contributed by atoms with E-state index in [4.69, 9.17) is 11.0 Å². The van der Waals surface area contributed by atoms with Crippen LogP contribution in [-0.4, -0.2) is 4.98 Å². The molecule has 3 heteroatoms. The number of aromatic nitrogens is 1. The van der Waals surface area contributed by atoms with Crippen molar-refractivity contribution in [2.24, 2.45) is 0 Å². The Bertz CT molecular complexity index is 325. The predicted molar refractivity (Wildman–Crippen MR) is 47.4 cm³/mol. The maximum Gasteiger partial charge on any atom is 0.0877 e. The van der Waals surface area contributed by atoms with E-state index in [0.717, 1.165) is 5.56 Å². The molecule has 1 atom stereocenters. The number of hydrogen-bond acceptors (Lipinski definition) is 3. The number of nitrogens with zero attached hydrogens (tertiary/aromatic N) is 2. The van der Waals surface area contributed by atoms with Crippen LogP contribution < -0.4 is 5.73 Å². The number of nitrogens with two attached hydrogens (primary N) is 1. The van der Waals surface area contributed by atoms with Crippen LogP contribution in [0.3, 0.4) is 0 Å². The standard InChI is InChI=1S/C9H11N3/c1-6-3-8(11)9(12-5-6)7(2)4-10/h3,5,7H,11H2,1-2H3. The molecule has 0 bridgehead atoms. The van der Waals surface area contributed by atoms with E-state index in [9.17, 15) is 0 Å². The van der Waals surface area contributed by atoms with Crippen molar-refractivity contribution < 1.29 is 0 Å². The lowest BCUT2D eigenvalue weighted by atomic mass is 10.1. The van der Waals surface area contributed by atoms with E-state index in [0.29, 0.717) is 11.4 Å². The lowest BCUT2D eigenvalue weighted by Crippen LogP contribution is -2.01. The van der Waals surface area contributed by atoms with E-state index in [1.807, 2.05) is 13.0 Å². The molecule has 0 saturated heterocycles. The van der Waals surface area contributed by atoms with Gasteiger partial charge >= 0.3 is 0 Å².